The van der Waals surface area contributed by atoms with Crippen LogP contribution in [0.4, 0.5) is 4.79 Å². The van der Waals surface area contributed by atoms with Crippen molar-refractivity contribution in [2.75, 3.05) is 27.4 Å². The quantitative estimate of drug-likeness (QED) is 0.557. The summed E-state index contributed by atoms with van der Waals surface area (Å²) in [6.45, 7) is 3.51. The van der Waals surface area contributed by atoms with Crippen LogP contribution in [-0.4, -0.2) is 51.4 Å². The molecule has 0 saturated carbocycles. The van der Waals surface area contributed by atoms with Crippen LogP contribution in [0.1, 0.15) is 32.3 Å². The zero-order chi connectivity index (χ0) is 22.1. The molecular formula is C21H28N2O7. The van der Waals surface area contributed by atoms with E-state index in [-0.39, 0.29) is 30.9 Å². The SMILES string of the molecule is CCOC(=O)C1=C(COC(=O)CCc2ccc(OC)c(OC)c2)NC(=O)N[C@H]1CC. The first-order valence-corrected chi connectivity index (χ1v) is 9.77. The summed E-state index contributed by atoms with van der Waals surface area (Å²) < 4.78 is 20.8. The molecule has 2 rings (SSSR count). The molecule has 1 aliphatic heterocycles. The van der Waals surface area contributed by atoms with Gasteiger partial charge in [0, 0.05) is 6.42 Å². The van der Waals surface area contributed by atoms with Crippen molar-refractivity contribution in [2.24, 2.45) is 0 Å². The standard InChI is InChI=1S/C21H28N2O7/c1-5-14-19(20(25)29-6-2)15(23-21(26)22-14)12-30-18(24)10-8-13-7-9-16(27-3)17(11-13)28-4/h7,9,11,14H,5-6,8,10,12H2,1-4H3,(H2,22,23,26)/t14-/m0/s1. The number of hydrogen-bond acceptors (Lipinski definition) is 7. The summed E-state index contributed by atoms with van der Waals surface area (Å²) in [5.41, 5.74) is 1.40. The summed E-state index contributed by atoms with van der Waals surface area (Å²) in [6.07, 6.45) is 1.06. The van der Waals surface area contributed by atoms with E-state index in [2.05, 4.69) is 10.6 Å². The summed E-state index contributed by atoms with van der Waals surface area (Å²) in [5.74, 6) is 0.180. The van der Waals surface area contributed by atoms with Gasteiger partial charge in [-0.2, -0.15) is 0 Å². The number of aryl methyl sites for hydroxylation is 1. The molecule has 164 valence electrons. The number of nitrogens with one attached hydrogen (secondary N) is 2. The van der Waals surface area contributed by atoms with Crippen LogP contribution >= 0.6 is 0 Å². The fourth-order valence-corrected chi connectivity index (χ4v) is 3.08. The van der Waals surface area contributed by atoms with E-state index >= 15 is 0 Å². The van der Waals surface area contributed by atoms with Crippen molar-refractivity contribution in [3.05, 3.63) is 35.0 Å². The molecule has 1 aliphatic rings. The summed E-state index contributed by atoms with van der Waals surface area (Å²) in [7, 11) is 3.10. The minimum absolute atomic E-state index is 0.126. The Kier molecular flexibility index (Phi) is 8.52. The molecule has 2 N–H and O–H groups in total. The highest BCUT2D eigenvalue weighted by Gasteiger charge is 2.31. The molecule has 0 fully saturated rings. The maximum atomic E-state index is 12.3. The third-order valence-corrected chi connectivity index (χ3v) is 4.59. The number of ether oxygens (including phenoxy) is 4. The number of methoxy groups -OCH3 is 2. The lowest BCUT2D eigenvalue weighted by Crippen LogP contribution is -2.51. The molecule has 0 aromatic heterocycles. The summed E-state index contributed by atoms with van der Waals surface area (Å²) in [4.78, 5) is 36.4. The van der Waals surface area contributed by atoms with Crippen LogP contribution < -0.4 is 20.1 Å². The second-order valence-electron chi connectivity index (χ2n) is 6.52. The van der Waals surface area contributed by atoms with E-state index in [1.54, 1.807) is 33.3 Å². The van der Waals surface area contributed by atoms with Crippen molar-refractivity contribution in [1.82, 2.24) is 10.6 Å². The van der Waals surface area contributed by atoms with Crippen LogP contribution in [0.5, 0.6) is 11.5 Å². The van der Waals surface area contributed by atoms with Gasteiger partial charge in [-0.3, -0.25) is 4.79 Å². The predicted molar refractivity (Wildman–Crippen MR) is 108 cm³/mol. The molecule has 0 unspecified atom stereocenters. The van der Waals surface area contributed by atoms with E-state index in [9.17, 15) is 14.4 Å². The Hall–Kier alpha value is -3.23. The lowest BCUT2D eigenvalue weighted by Gasteiger charge is -2.28. The third kappa shape index (κ3) is 5.88. The van der Waals surface area contributed by atoms with E-state index in [0.717, 1.165) is 5.56 Å². The fourth-order valence-electron chi connectivity index (χ4n) is 3.08. The van der Waals surface area contributed by atoms with Gasteiger partial charge in [0.2, 0.25) is 0 Å². The molecule has 0 bridgehead atoms. The zero-order valence-electron chi connectivity index (χ0n) is 17.7. The molecule has 0 saturated heterocycles. The first-order chi connectivity index (χ1) is 14.4. The number of amides is 2. The Labute approximate surface area is 175 Å². The fraction of sp³-hybridized carbons (Fsp3) is 0.476. The van der Waals surface area contributed by atoms with E-state index in [1.807, 2.05) is 13.0 Å². The van der Waals surface area contributed by atoms with Crippen LogP contribution in [0.2, 0.25) is 0 Å². The highest BCUT2D eigenvalue weighted by Crippen LogP contribution is 2.28. The monoisotopic (exact) mass is 420 g/mol. The number of carbonyl (C=O) groups excluding carboxylic acids is 3. The smallest absolute Gasteiger partial charge is 0.338 e. The Morgan fingerprint density at radius 3 is 2.43 bits per heavy atom. The van der Waals surface area contributed by atoms with Crippen LogP contribution in [-0.2, 0) is 25.5 Å². The zero-order valence-corrected chi connectivity index (χ0v) is 17.7. The van der Waals surface area contributed by atoms with E-state index in [0.29, 0.717) is 24.3 Å². The molecule has 30 heavy (non-hydrogen) atoms. The topological polar surface area (TPSA) is 112 Å². The predicted octanol–water partition coefficient (Wildman–Crippen LogP) is 2.09. The maximum absolute atomic E-state index is 12.3. The van der Waals surface area contributed by atoms with Gasteiger partial charge in [0.1, 0.15) is 6.61 Å². The lowest BCUT2D eigenvalue weighted by atomic mass is 10.0. The Balaban J connectivity index is 2.02. The van der Waals surface area contributed by atoms with Crippen LogP contribution in [0.25, 0.3) is 0 Å². The van der Waals surface area contributed by atoms with Gasteiger partial charge in [0.25, 0.3) is 0 Å². The van der Waals surface area contributed by atoms with Gasteiger partial charge in [-0.1, -0.05) is 13.0 Å². The molecule has 0 radical (unpaired) electrons. The number of rotatable bonds is 10. The second-order valence-corrected chi connectivity index (χ2v) is 6.52. The van der Waals surface area contributed by atoms with Gasteiger partial charge in [0.05, 0.1) is 38.1 Å². The lowest BCUT2D eigenvalue weighted by molar-refractivity contribution is -0.143. The molecule has 1 aromatic rings. The van der Waals surface area contributed by atoms with Crippen molar-refractivity contribution in [3.8, 4) is 11.5 Å². The molecule has 1 atom stereocenters. The van der Waals surface area contributed by atoms with Gasteiger partial charge in [-0.05, 0) is 37.5 Å². The summed E-state index contributed by atoms with van der Waals surface area (Å²) in [6, 6.07) is 4.46. The maximum Gasteiger partial charge on any atom is 0.338 e. The Morgan fingerprint density at radius 2 is 1.80 bits per heavy atom. The number of benzene rings is 1. The largest absolute Gasteiger partial charge is 0.493 e. The van der Waals surface area contributed by atoms with E-state index in [4.69, 9.17) is 18.9 Å². The Bertz CT molecular complexity index is 820. The molecule has 1 aromatic carbocycles. The van der Waals surface area contributed by atoms with Crippen molar-refractivity contribution in [3.63, 3.8) is 0 Å². The minimum Gasteiger partial charge on any atom is -0.493 e. The van der Waals surface area contributed by atoms with Gasteiger partial charge < -0.3 is 29.6 Å². The van der Waals surface area contributed by atoms with Crippen molar-refractivity contribution in [1.29, 1.82) is 0 Å². The molecular weight excluding hydrogens is 392 g/mol. The summed E-state index contributed by atoms with van der Waals surface area (Å²) in [5, 5.41) is 5.22. The first kappa shape index (κ1) is 23.1. The summed E-state index contributed by atoms with van der Waals surface area (Å²) >= 11 is 0. The first-order valence-electron chi connectivity index (χ1n) is 9.77. The average Bonchev–Trinajstić information content (AvgIpc) is 2.75. The van der Waals surface area contributed by atoms with Crippen molar-refractivity contribution >= 4 is 18.0 Å². The van der Waals surface area contributed by atoms with E-state index in [1.165, 1.54) is 0 Å². The van der Waals surface area contributed by atoms with Gasteiger partial charge in [-0.15, -0.1) is 0 Å². The molecule has 2 amide bonds. The average molecular weight is 420 g/mol. The highest BCUT2D eigenvalue weighted by molar-refractivity contribution is 5.94. The molecule has 1 heterocycles. The van der Waals surface area contributed by atoms with Crippen molar-refractivity contribution < 1.29 is 33.3 Å². The van der Waals surface area contributed by atoms with Crippen molar-refractivity contribution in [2.45, 2.75) is 39.2 Å². The number of urea groups is 1. The third-order valence-electron chi connectivity index (χ3n) is 4.59. The highest BCUT2D eigenvalue weighted by atomic mass is 16.5. The number of esters is 2. The normalized spacial score (nSPS) is 15.7. The molecule has 9 nitrogen and oxygen atoms in total. The minimum atomic E-state index is -0.548. The molecule has 9 heteroatoms. The van der Waals surface area contributed by atoms with Gasteiger partial charge >= 0.3 is 18.0 Å². The second kappa shape index (κ2) is 11.1. The Morgan fingerprint density at radius 1 is 1.07 bits per heavy atom. The van der Waals surface area contributed by atoms with Gasteiger partial charge in [0.15, 0.2) is 11.5 Å². The van der Waals surface area contributed by atoms with Crippen LogP contribution in [0, 0.1) is 0 Å². The molecule has 0 spiro atoms. The van der Waals surface area contributed by atoms with Crippen LogP contribution in [0.3, 0.4) is 0 Å². The number of hydrogen-bond donors (Lipinski definition) is 2. The van der Waals surface area contributed by atoms with E-state index < -0.39 is 24.0 Å². The molecule has 0 aliphatic carbocycles. The number of carbonyl (C=O) groups is 3. The van der Waals surface area contributed by atoms with Gasteiger partial charge in [-0.25, -0.2) is 9.59 Å². The van der Waals surface area contributed by atoms with Crippen LogP contribution in [0.15, 0.2) is 29.5 Å².